The van der Waals surface area contributed by atoms with E-state index in [0.29, 0.717) is 18.3 Å². The van der Waals surface area contributed by atoms with Crippen LogP contribution in [0, 0.1) is 11.8 Å². The maximum Gasteiger partial charge on any atom is 0.407 e. The zero-order valence-electron chi connectivity index (χ0n) is 15.0. The first-order chi connectivity index (χ1) is 10.2. The minimum absolute atomic E-state index is 0.208. The van der Waals surface area contributed by atoms with Gasteiger partial charge >= 0.3 is 6.09 Å². The van der Waals surface area contributed by atoms with Gasteiger partial charge in [0.25, 0.3) is 0 Å². The van der Waals surface area contributed by atoms with E-state index in [-0.39, 0.29) is 6.04 Å². The molecule has 0 aliphatic heterocycles. The van der Waals surface area contributed by atoms with E-state index in [1.54, 1.807) is 0 Å². The van der Waals surface area contributed by atoms with Gasteiger partial charge in [-0.05, 0) is 45.4 Å². The maximum absolute atomic E-state index is 12.1. The van der Waals surface area contributed by atoms with Crippen molar-refractivity contribution in [2.24, 2.45) is 11.8 Å². The lowest BCUT2D eigenvalue weighted by atomic mass is 9.83. The second-order valence-corrected chi connectivity index (χ2v) is 8.19. The summed E-state index contributed by atoms with van der Waals surface area (Å²) in [4.78, 5) is 12.1. The largest absolute Gasteiger partial charge is 0.444 e. The lowest BCUT2D eigenvalue weighted by Gasteiger charge is -2.31. The fraction of sp³-hybridized carbons (Fsp3) is 0.944. The molecule has 0 radical (unpaired) electrons. The van der Waals surface area contributed by atoms with Crippen LogP contribution in [-0.4, -0.2) is 28.9 Å². The maximum atomic E-state index is 12.1. The Labute approximate surface area is 136 Å². The first-order valence-corrected chi connectivity index (χ1v) is 8.85. The second kappa shape index (κ2) is 8.76. The van der Waals surface area contributed by atoms with E-state index in [0.717, 1.165) is 6.42 Å². The number of ether oxygens (including phenoxy) is 1. The predicted octanol–water partition coefficient (Wildman–Crippen LogP) is 4.26. The van der Waals surface area contributed by atoms with Gasteiger partial charge in [-0.15, -0.1) is 0 Å². The average molecular weight is 313 g/mol. The molecule has 0 aromatic heterocycles. The zero-order chi connectivity index (χ0) is 16.8. The number of rotatable bonds is 6. The smallest absolute Gasteiger partial charge is 0.407 e. The summed E-state index contributed by atoms with van der Waals surface area (Å²) in [5.74, 6) is 1.01. The lowest BCUT2D eigenvalue weighted by Crippen LogP contribution is -2.47. The minimum atomic E-state index is -0.511. The number of carbonyl (C=O) groups excluding carboxylic acids is 1. The molecule has 0 saturated heterocycles. The summed E-state index contributed by atoms with van der Waals surface area (Å²) in [5.41, 5.74) is -0.511. The van der Waals surface area contributed by atoms with Crippen LogP contribution in [0.15, 0.2) is 0 Å². The number of aliphatic hydroxyl groups excluding tert-OH is 1. The normalized spacial score (nSPS) is 19.8. The Morgan fingerprint density at radius 3 is 2.32 bits per heavy atom. The topological polar surface area (TPSA) is 58.6 Å². The van der Waals surface area contributed by atoms with E-state index in [9.17, 15) is 9.90 Å². The molecule has 0 heterocycles. The van der Waals surface area contributed by atoms with Crippen LogP contribution in [0.3, 0.4) is 0 Å². The first-order valence-electron chi connectivity index (χ1n) is 8.85. The summed E-state index contributed by atoms with van der Waals surface area (Å²) in [6.07, 6.45) is 6.90. The quantitative estimate of drug-likeness (QED) is 0.770. The van der Waals surface area contributed by atoms with Crippen molar-refractivity contribution in [1.29, 1.82) is 0 Å². The highest BCUT2D eigenvalue weighted by molar-refractivity contribution is 5.68. The molecule has 4 heteroatoms. The highest BCUT2D eigenvalue weighted by Crippen LogP contribution is 2.29. The molecular formula is C18H35NO3. The van der Waals surface area contributed by atoms with Crippen molar-refractivity contribution < 1.29 is 14.6 Å². The van der Waals surface area contributed by atoms with E-state index >= 15 is 0 Å². The van der Waals surface area contributed by atoms with Crippen LogP contribution in [0.2, 0.25) is 0 Å². The van der Waals surface area contributed by atoms with Crippen LogP contribution in [-0.2, 0) is 4.74 Å². The van der Waals surface area contributed by atoms with Crippen molar-refractivity contribution >= 4 is 6.09 Å². The van der Waals surface area contributed by atoms with Gasteiger partial charge in [0.05, 0.1) is 12.1 Å². The van der Waals surface area contributed by atoms with Crippen LogP contribution >= 0.6 is 0 Å². The van der Waals surface area contributed by atoms with Gasteiger partial charge in [-0.1, -0.05) is 46.0 Å². The third kappa shape index (κ3) is 8.02. The fourth-order valence-corrected chi connectivity index (χ4v) is 3.20. The monoisotopic (exact) mass is 313 g/mol. The molecule has 0 aromatic carbocycles. The summed E-state index contributed by atoms with van der Waals surface area (Å²) >= 11 is 0. The zero-order valence-corrected chi connectivity index (χ0v) is 15.0. The molecule has 0 aromatic rings. The average Bonchev–Trinajstić information content (AvgIpc) is 2.36. The number of nitrogens with one attached hydrogen (secondary N) is 1. The van der Waals surface area contributed by atoms with E-state index in [1.807, 2.05) is 20.8 Å². The van der Waals surface area contributed by atoms with Crippen molar-refractivity contribution in [3.8, 4) is 0 Å². The van der Waals surface area contributed by atoms with Crippen molar-refractivity contribution in [3.05, 3.63) is 0 Å². The summed E-state index contributed by atoms with van der Waals surface area (Å²) in [6.45, 7) is 9.75. The van der Waals surface area contributed by atoms with Crippen molar-refractivity contribution in [3.63, 3.8) is 0 Å². The van der Waals surface area contributed by atoms with Gasteiger partial charge in [0.1, 0.15) is 5.60 Å². The molecule has 22 heavy (non-hydrogen) atoms. The summed E-state index contributed by atoms with van der Waals surface area (Å²) in [6, 6.07) is -0.208. The van der Waals surface area contributed by atoms with Gasteiger partial charge in [0, 0.05) is 0 Å². The molecule has 0 bridgehead atoms. The molecule has 1 rings (SSSR count). The standard InChI is InChI=1S/C18H35NO3/c1-13(2)11-16(20)15(12-14-9-7-6-8-10-14)19-17(21)22-18(3,4)5/h13-16,20H,6-12H2,1-5H3,(H,19,21)/t15-,16-/m0/s1. The van der Waals surface area contributed by atoms with Gasteiger partial charge in [-0.2, -0.15) is 0 Å². The van der Waals surface area contributed by atoms with Crippen molar-refractivity contribution in [2.75, 3.05) is 0 Å². The van der Waals surface area contributed by atoms with Gasteiger partial charge in [0.15, 0.2) is 0 Å². The van der Waals surface area contributed by atoms with Crippen LogP contribution in [0.5, 0.6) is 0 Å². The molecule has 2 atom stereocenters. The molecule has 1 aliphatic rings. The van der Waals surface area contributed by atoms with Crippen LogP contribution < -0.4 is 5.32 Å². The van der Waals surface area contributed by atoms with Crippen LogP contribution in [0.4, 0.5) is 4.79 Å². The van der Waals surface area contributed by atoms with Gasteiger partial charge < -0.3 is 15.2 Å². The van der Waals surface area contributed by atoms with E-state index in [4.69, 9.17) is 4.74 Å². The van der Waals surface area contributed by atoms with Crippen molar-refractivity contribution in [1.82, 2.24) is 5.32 Å². The molecule has 130 valence electrons. The van der Waals surface area contributed by atoms with Gasteiger partial charge in [0.2, 0.25) is 0 Å². The number of hydrogen-bond donors (Lipinski definition) is 2. The molecule has 1 fully saturated rings. The number of hydrogen-bond acceptors (Lipinski definition) is 3. The molecule has 0 spiro atoms. The Morgan fingerprint density at radius 2 is 1.82 bits per heavy atom. The Balaban J connectivity index is 2.61. The van der Waals surface area contributed by atoms with Crippen LogP contribution in [0.25, 0.3) is 0 Å². The lowest BCUT2D eigenvalue weighted by molar-refractivity contribution is 0.0361. The molecule has 4 nitrogen and oxygen atoms in total. The molecule has 1 amide bonds. The molecular weight excluding hydrogens is 278 g/mol. The van der Waals surface area contributed by atoms with E-state index in [2.05, 4.69) is 19.2 Å². The number of aliphatic hydroxyl groups is 1. The Bertz CT molecular complexity index is 330. The summed E-state index contributed by atoms with van der Waals surface area (Å²) < 4.78 is 5.35. The SMILES string of the molecule is CC(C)C[C@H](O)[C@H](CC1CCCCC1)NC(=O)OC(C)(C)C. The molecule has 0 unspecified atom stereocenters. The molecule has 1 saturated carbocycles. The van der Waals surface area contributed by atoms with Crippen LogP contribution in [0.1, 0.15) is 79.6 Å². The van der Waals surface area contributed by atoms with Gasteiger partial charge in [-0.3, -0.25) is 0 Å². The molecule has 2 N–H and O–H groups in total. The summed E-state index contributed by atoms with van der Waals surface area (Å²) in [7, 11) is 0. The van der Waals surface area contributed by atoms with Crippen molar-refractivity contribution in [2.45, 2.75) is 97.3 Å². The molecule has 1 aliphatic carbocycles. The highest BCUT2D eigenvalue weighted by atomic mass is 16.6. The minimum Gasteiger partial charge on any atom is -0.444 e. The Hall–Kier alpha value is -0.770. The Morgan fingerprint density at radius 1 is 1.23 bits per heavy atom. The number of carbonyl (C=O) groups is 1. The Kier molecular flexibility index (Phi) is 7.67. The predicted molar refractivity (Wildman–Crippen MR) is 89.8 cm³/mol. The summed E-state index contributed by atoms with van der Waals surface area (Å²) in [5, 5.41) is 13.4. The van der Waals surface area contributed by atoms with Gasteiger partial charge in [-0.25, -0.2) is 4.79 Å². The number of amides is 1. The number of alkyl carbamates (subject to hydrolysis) is 1. The third-order valence-corrected chi connectivity index (χ3v) is 4.19. The van der Waals surface area contributed by atoms with E-state index in [1.165, 1.54) is 32.1 Å². The fourth-order valence-electron chi connectivity index (χ4n) is 3.20. The third-order valence-electron chi connectivity index (χ3n) is 4.19. The highest BCUT2D eigenvalue weighted by Gasteiger charge is 2.28. The van der Waals surface area contributed by atoms with E-state index < -0.39 is 17.8 Å². The first kappa shape index (κ1) is 19.3. The second-order valence-electron chi connectivity index (χ2n) is 8.19.